The summed E-state index contributed by atoms with van der Waals surface area (Å²) in [7, 11) is 1.50. The topological polar surface area (TPSA) is 51.2 Å². The Hall–Kier alpha value is -1.59. The smallest absolute Gasteiger partial charge is 0.407 e. The van der Waals surface area contributed by atoms with E-state index in [1.807, 2.05) is 24.3 Å². The summed E-state index contributed by atoms with van der Waals surface area (Å²) in [6, 6.07) is 9.15. The third kappa shape index (κ3) is 3.29. The zero-order valence-corrected chi connectivity index (χ0v) is 13.0. The van der Waals surface area contributed by atoms with Crippen molar-refractivity contribution in [2.45, 2.75) is 6.10 Å². The number of carbonyl (C=O) groups is 1. The first-order valence-electron chi connectivity index (χ1n) is 5.85. The lowest BCUT2D eigenvalue weighted by molar-refractivity contribution is 0.118. The molecule has 0 radical (unpaired) electrons. The SMILES string of the molecule is CNC(=O)OC(c1cnccc1Cl)c1ccccc1Br. The first-order valence-corrected chi connectivity index (χ1v) is 7.02. The zero-order chi connectivity index (χ0) is 14.5. The molecule has 0 saturated heterocycles. The molecule has 1 aromatic carbocycles. The van der Waals surface area contributed by atoms with Crippen LogP contribution in [0, 0.1) is 0 Å². The maximum Gasteiger partial charge on any atom is 0.407 e. The van der Waals surface area contributed by atoms with Crippen LogP contribution in [0.25, 0.3) is 0 Å². The fraction of sp³-hybridized carbons (Fsp3) is 0.143. The molecular weight excluding hydrogens is 344 g/mol. The van der Waals surface area contributed by atoms with Crippen LogP contribution >= 0.6 is 27.5 Å². The minimum atomic E-state index is -0.633. The van der Waals surface area contributed by atoms with Crippen molar-refractivity contribution in [3.63, 3.8) is 0 Å². The van der Waals surface area contributed by atoms with Gasteiger partial charge in [0.2, 0.25) is 0 Å². The van der Waals surface area contributed by atoms with Crippen LogP contribution in [0.15, 0.2) is 47.2 Å². The molecule has 0 aliphatic rings. The second kappa shape index (κ2) is 6.72. The van der Waals surface area contributed by atoms with Gasteiger partial charge < -0.3 is 10.1 Å². The number of rotatable bonds is 3. The number of nitrogens with one attached hydrogen (secondary N) is 1. The predicted molar refractivity (Wildman–Crippen MR) is 80.8 cm³/mol. The van der Waals surface area contributed by atoms with E-state index in [1.54, 1.807) is 18.5 Å². The van der Waals surface area contributed by atoms with Gasteiger partial charge in [-0.25, -0.2) is 4.79 Å². The molecule has 2 rings (SSSR count). The number of hydrogen-bond donors (Lipinski definition) is 1. The Labute approximate surface area is 130 Å². The number of ether oxygens (including phenoxy) is 1. The Morgan fingerprint density at radius 2 is 2.10 bits per heavy atom. The van der Waals surface area contributed by atoms with Gasteiger partial charge in [-0.1, -0.05) is 45.7 Å². The number of nitrogens with zero attached hydrogens (tertiary/aromatic N) is 1. The molecule has 6 heteroatoms. The monoisotopic (exact) mass is 354 g/mol. The molecule has 0 aliphatic carbocycles. The molecule has 1 unspecified atom stereocenters. The van der Waals surface area contributed by atoms with Crippen LogP contribution in [0.4, 0.5) is 4.79 Å². The molecule has 0 fully saturated rings. The van der Waals surface area contributed by atoms with E-state index in [1.165, 1.54) is 7.05 Å². The molecule has 0 bridgehead atoms. The molecule has 4 nitrogen and oxygen atoms in total. The van der Waals surface area contributed by atoms with E-state index in [9.17, 15) is 4.79 Å². The van der Waals surface area contributed by atoms with Gasteiger partial charge in [0.25, 0.3) is 0 Å². The highest BCUT2D eigenvalue weighted by molar-refractivity contribution is 9.10. The largest absolute Gasteiger partial charge is 0.436 e. The highest BCUT2D eigenvalue weighted by atomic mass is 79.9. The van der Waals surface area contributed by atoms with Gasteiger partial charge in [0, 0.05) is 35.0 Å². The Morgan fingerprint density at radius 3 is 2.75 bits per heavy atom. The van der Waals surface area contributed by atoms with Gasteiger partial charge in [0.15, 0.2) is 6.10 Å². The third-order valence-electron chi connectivity index (χ3n) is 2.70. The van der Waals surface area contributed by atoms with E-state index in [4.69, 9.17) is 16.3 Å². The van der Waals surface area contributed by atoms with Crippen molar-refractivity contribution in [1.82, 2.24) is 10.3 Å². The van der Waals surface area contributed by atoms with E-state index < -0.39 is 12.2 Å². The fourth-order valence-electron chi connectivity index (χ4n) is 1.73. The quantitative estimate of drug-likeness (QED) is 0.907. The molecule has 104 valence electrons. The van der Waals surface area contributed by atoms with Gasteiger partial charge in [-0.3, -0.25) is 4.98 Å². The summed E-state index contributed by atoms with van der Waals surface area (Å²) < 4.78 is 6.26. The Bertz CT molecular complexity index is 576. The molecule has 0 spiro atoms. The van der Waals surface area contributed by atoms with E-state index in [0.29, 0.717) is 10.6 Å². The Morgan fingerprint density at radius 1 is 1.35 bits per heavy atom. The van der Waals surface area contributed by atoms with E-state index in [2.05, 4.69) is 26.2 Å². The van der Waals surface area contributed by atoms with Crippen molar-refractivity contribution in [2.75, 3.05) is 7.05 Å². The molecule has 1 heterocycles. The number of halogens is 2. The molecule has 2 aromatic rings. The van der Waals surface area contributed by atoms with Crippen molar-refractivity contribution in [3.05, 3.63) is 63.3 Å². The number of carbonyl (C=O) groups excluding carboxylic acids is 1. The first kappa shape index (κ1) is 14.8. The average Bonchev–Trinajstić information content (AvgIpc) is 2.46. The summed E-state index contributed by atoms with van der Waals surface area (Å²) >= 11 is 9.64. The zero-order valence-electron chi connectivity index (χ0n) is 10.6. The standard InChI is InChI=1S/C14H12BrClN2O2/c1-17-14(19)20-13(9-4-2-3-5-11(9)15)10-8-18-7-6-12(10)16/h2-8,13H,1H3,(H,17,19). The molecule has 1 N–H and O–H groups in total. The van der Waals surface area contributed by atoms with Gasteiger partial charge >= 0.3 is 6.09 Å². The minimum absolute atomic E-state index is 0.490. The fourth-order valence-corrected chi connectivity index (χ4v) is 2.43. The summed E-state index contributed by atoms with van der Waals surface area (Å²) in [5.74, 6) is 0. The van der Waals surface area contributed by atoms with Crippen molar-refractivity contribution in [1.29, 1.82) is 0 Å². The van der Waals surface area contributed by atoms with Crippen LogP contribution in [0.3, 0.4) is 0 Å². The van der Waals surface area contributed by atoms with Gasteiger partial charge in [0.05, 0.1) is 5.02 Å². The Kier molecular flexibility index (Phi) is 4.98. The van der Waals surface area contributed by atoms with Gasteiger partial charge in [-0.15, -0.1) is 0 Å². The maximum absolute atomic E-state index is 11.6. The highest BCUT2D eigenvalue weighted by Crippen LogP contribution is 2.34. The molecule has 0 saturated carbocycles. The lowest BCUT2D eigenvalue weighted by Gasteiger charge is -2.20. The van der Waals surface area contributed by atoms with E-state index >= 15 is 0 Å². The van der Waals surface area contributed by atoms with Gasteiger partial charge in [-0.2, -0.15) is 0 Å². The normalized spacial score (nSPS) is 11.8. The number of benzene rings is 1. The number of aromatic nitrogens is 1. The van der Waals surface area contributed by atoms with Crippen LogP contribution in [0.5, 0.6) is 0 Å². The van der Waals surface area contributed by atoms with Crippen molar-refractivity contribution >= 4 is 33.6 Å². The van der Waals surface area contributed by atoms with Crippen LogP contribution in [-0.2, 0) is 4.74 Å². The van der Waals surface area contributed by atoms with E-state index in [0.717, 1.165) is 10.0 Å². The number of amides is 1. The summed E-state index contributed by atoms with van der Waals surface area (Å²) in [5.41, 5.74) is 1.43. The second-order valence-electron chi connectivity index (χ2n) is 3.95. The summed E-state index contributed by atoms with van der Waals surface area (Å²) in [5, 5.41) is 2.92. The molecule has 0 aliphatic heterocycles. The Balaban J connectivity index is 2.48. The molecular formula is C14H12BrClN2O2. The van der Waals surface area contributed by atoms with Crippen LogP contribution < -0.4 is 5.32 Å². The lowest BCUT2D eigenvalue weighted by Crippen LogP contribution is -2.23. The van der Waals surface area contributed by atoms with Crippen LogP contribution in [0.2, 0.25) is 5.02 Å². The molecule has 1 amide bonds. The maximum atomic E-state index is 11.6. The predicted octanol–water partition coefficient (Wildman–Crippen LogP) is 3.94. The number of pyridine rings is 1. The summed E-state index contributed by atoms with van der Waals surface area (Å²) in [4.78, 5) is 15.6. The van der Waals surface area contributed by atoms with Crippen LogP contribution in [0.1, 0.15) is 17.2 Å². The first-order chi connectivity index (χ1) is 9.63. The van der Waals surface area contributed by atoms with E-state index in [-0.39, 0.29) is 0 Å². The minimum Gasteiger partial charge on any atom is -0.436 e. The molecule has 1 aromatic heterocycles. The lowest BCUT2D eigenvalue weighted by atomic mass is 10.0. The summed E-state index contributed by atoms with van der Waals surface area (Å²) in [6.07, 6.45) is 2.01. The van der Waals surface area contributed by atoms with Crippen molar-refractivity contribution in [2.24, 2.45) is 0 Å². The van der Waals surface area contributed by atoms with Gasteiger partial charge in [0.1, 0.15) is 0 Å². The van der Waals surface area contributed by atoms with Gasteiger partial charge in [-0.05, 0) is 12.1 Å². The van der Waals surface area contributed by atoms with Crippen molar-refractivity contribution in [3.8, 4) is 0 Å². The highest BCUT2D eigenvalue weighted by Gasteiger charge is 2.23. The number of alkyl carbamates (subject to hydrolysis) is 1. The molecule has 20 heavy (non-hydrogen) atoms. The molecule has 1 atom stereocenters. The summed E-state index contributed by atoms with van der Waals surface area (Å²) in [6.45, 7) is 0. The second-order valence-corrected chi connectivity index (χ2v) is 5.22. The average molecular weight is 356 g/mol. The number of hydrogen-bond acceptors (Lipinski definition) is 3. The van der Waals surface area contributed by atoms with Crippen molar-refractivity contribution < 1.29 is 9.53 Å². The van der Waals surface area contributed by atoms with Crippen LogP contribution in [-0.4, -0.2) is 18.1 Å². The third-order valence-corrected chi connectivity index (χ3v) is 3.76.